The Kier molecular flexibility index (Phi) is 2.42. The lowest BCUT2D eigenvalue weighted by Crippen LogP contribution is -2.19. The van der Waals surface area contributed by atoms with Gasteiger partial charge in [-0.05, 0) is 25.1 Å². The second kappa shape index (κ2) is 4.06. The fraction of sp³-hybridized carbons (Fsp3) is 0.333. The molecule has 0 amide bonds. The minimum Gasteiger partial charge on any atom is -0.489 e. The molecule has 1 N–H and O–H groups in total. The third-order valence-electron chi connectivity index (χ3n) is 2.76. The normalized spacial score (nSPS) is 20.1. The largest absolute Gasteiger partial charge is 0.489 e. The van der Waals surface area contributed by atoms with E-state index in [9.17, 15) is 0 Å². The lowest BCUT2D eigenvalue weighted by molar-refractivity contribution is 0.223. The number of hydrogen-bond donors (Lipinski definition) is 1. The summed E-state index contributed by atoms with van der Waals surface area (Å²) in [4.78, 5) is 8.48. The van der Waals surface area contributed by atoms with Crippen LogP contribution in [0.2, 0.25) is 0 Å². The van der Waals surface area contributed by atoms with Gasteiger partial charge in [0, 0.05) is 25.0 Å². The molecule has 4 nitrogen and oxygen atoms in total. The van der Waals surface area contributed by atoms with Crippen molar-refractivity contribution in [3.63, 3.8) is 0 Å². The molecule has 16 heavy (non-hydrogen) atoms. The summed E-state index contributed by atoms with van der Waals surface area (Å²) < 4.78 is 5.85. The second-order valence-corrected chi connectivity index (χ2v) is 3.94. The highest BCUT2D eigenvalue weighted by atomic mass is 16.5. The number of nitrogens with one attached hydrogen (secondary N) is 1. The molecule has 1 aromatic carbocycles. The van der Waals surface area contributed by atoms with Crippen molar-refractivity contribution in [2.75, 3.05) is 13.1 Å². The van der Waals surface area contributed by atoms with E-state index in [4.69, 9.17) is 4.74 Å². The predicted octanol–water partition coefficient (Wildman–Crippen LogP) is 1.37. The molecular weight excluding hydrogens is 202 g/mol. The van der Waals surface area contributed by atoms with Crippen molar-refractivity contribution in [1.82, 2.24) is 15.3 Å². The number of ether oxygens (including phenoxy) is 1. The first kappa shape index (κ1) is 9.54. The van der Waals surface area contributed by atoms with Crippen LogP contribution in [-0.4, -0.2) is 29.2 Å². The highest BCUT2D eigenvalue weighted by Gasteiger charge is 2.15. The topological polar surface area (TPSA) is 47.0 Å². The van der Waals surface area contributed by atoms with Gasteiger partial charge in [-0.2, -0.15) is 0 Å². The Hall–Kier alpha value is -1.68. The summed E-state index contributed by atoms with van der Waals surface area (Å²) in [5, 5.41) is 3.28. The van der Waals surface area contributed by atoms with E-state index in [1.807, 2.05) is 18.2 Å². The summed E-state index contributed by atoms with van der Waals surface area (Å²) in [6.45, 7) is 1.97. The maximum absolute atomic E-state index is 5.85. The molecule has 1 fully saturated rings. The number of fused-ring (bicyclic) bond motifs is 1. The summed E-state index contributed by atoms with van der Waals surface area (Å²) >= 11 is 0. The molecule has 3 rings (SSSR count). The van der Waals surface area contributed by atoms with Crippen molar-refractivity contribution in [3.8, 4) is 5.75 Å². The van der Waals surface area contributed by atoms with Crippen molar-refractivity contribution in [1.29, 1.82) is 0 Å². The molecule has 2 aromatic rings. The molecule has 0 saturated carbocycles. The molecule has 1 aliphatic rings. The molecule has 1 atom stereocenters. The molecular formula is C12H13N3O. The molecule has 0 radical (unpaired) electrons. The van der Waals surface area contributed by atoms with Gasteiger partial charge < -0.3 is 10.1 Å². The summed E-state index contributed by atoms with van der Waals surface area (Å²) in [5.74, 6) is 0.877. The first-order valence-electron chi connectivity index (χ1n) is 5.50. The summed E-state index contributed by atoms with van der Waals surface area (Å²) in [5.41, 5.74) is 1.78. The Bertz CT molecular complexity index is 494. The van der Waals surface area contributed by atoms with E-state index >= 15 is 0 Å². The van der Waals surface area contributed by atoms with Gasteiger partial charge in [0.25, 0.3) is 0 Å². The molecule has 2 heterocycles. The number of nitrogens with zero attached hydrogens (tertiary/aromatic N) is 2. The van der Waals surface area contributed by atoms with E-state index in [1.165, 1.54) is 0 Å². The first-order chi connectivity index (χ1) is 7.92. The molecule has 1 aromatic heterocycles. The Morgan fingerprint density at radius 2 is 2.06 bits per heavy atom. The van der Waals surface area contributed by atoms with Gasteiger partial charge in [0.05, 0.1) is 11.0 Å². The monoisotopic (exact) mass is 215 g/mol. The van der Waals surface area contributed by atoms with Crippen LogP contribution in [0.25, 0.3) is 11.0 Å². The maximum Gasteiger partial charge on any atom is 0.122 e. The first-order valence-corrected chi connectivity index (χ1v) is 5.50. The van der Waals surface area contributed by atoms with Crippen molar-refractivity contribution >= 4 is 11.0 Å². The Morgan fingerprint density at radius 3 is 2.88 bits per heavy atom. The van der Waals surface area contributed by atoms with Crippen LogP contribution < -0.4 is 10.1 Å². The number of benzene rings is 1. The zero-order valence-electron chi connectivity index (χ0n) is 8.89. The van der Waals surface area contributed by atoms with Crippen LogP contribution in [0, 0.1) is 0 Å². The SMILES string of the molecule is c1cnc2cc(OC3CCNC3)ccc2n1. The zero-order valence-corrected chi connectivity index (χ0v) is 8.89. The van der Waals surface area contributed by atoms with Gasteiger partial charge in [-0.1, -0.05) is 0 Å². The summed E-state index contributed by atoms with van der Waals surface area (Å²) in [6, 6.07) is 5.84. The number of hydrogen-bond acceptors (Lipinski definition) is 4. The predicted molar refractivity (Wildman–Crippen MR) is 61.4 cm³/mol. The highest BCUT2D eigenvalue weighted by molar-refractivity contribution is 5.75. The summed E-state index contributed by atoms with van der Waals surface area (Å²) in [7, 11) is 0. The highest BCUT2D eigenvalue weighted by Crippen LogP contribution is 2.19. The van der Waals surface area contributed by atoms with E-state index < -0.39 is 0 Å². The fourth-order valence-electron chi connectivity index (χ4n) is 1.94. The van der Waals surface area contributed by atoms with E-state index in [2.05, 4.69) is 15.3 Å². The van der Waals surface area contributed by atoms with Crippen LogP contribution >= 0.6 is 0 Å². The van der Waals surface area contributed by atoms with E-state index in [0.717, 1.165) is 36.3 Å². The molecule has 0 bridgehead atoms. The van der Waals surface area contributed by atoms with E-state index in [-0.39, 0.29) is 6.10 Å². The average molecular weight is 215 g/mol. The zero-order chi connectivity index (χ0) is 10.8. The molecule has 82 valence electrons. The standard InChI is InChI=1S/C12H13N3O/c1-2-11-12(15-6-5-14-11)7-9(1)16-10-3-4-13-8-10/h1-2,5-7,10,13H,3-4,8H2. The Labute approximate surface area is 93.7 Å². The Morgan fingerprint density at radius 1 is 1.19 bits per heavy atom. The smallest absolute Gasteiger partial charge is 0.122 e. The van der Waals surface area contributed by atoms with Crippen molar-refractivity contribution in [2.45, 2.75) is 12.5 Å². The van der Waals surface area contributed by atoms with Crippen molar-refractivity contribution in [3.05, 3.63) is 30.6 Å². The maximum atomic E-state index is 5.85. The van der Waals surface area contributed by atoms with Crippen LogP contribution in [0.3, 0.4) is 0 Å². The number of rotatable bonds is 2. The quantitative estimate of drug-likeness (QED) is 0.822. The number of aromatic nitrogens is 2. The minimum absolute atomic E-state index is 0.286. The van der Waals surface area contributed by atoms with Gasteiger partial charge in [0.1, 0.15) is 11.9 Å². The van der Waals surface area contributed by atoms with Gasteiger partial charge >= 0.3 is 0 Å². The average Bonchev–Trinajstić information content (AvgIpc) is 2.82. The lowest BCUT2D eigenvalue weighted by atomic mass is 10.2. The third kappa shape index (κ3) is 1.84. The van der Waals surface area contributed by atoms with Crippen LogP contribution in [0.4, 0.5) is 0 Å². The lowest BCUT2D eigenvalue weighted by Gasteiger charge is -2.12. The van der Waals surface area contributed by atoms with E-state index in [1.54, 1.807) is 12.4 Å². The minimum atomic E-state index is 0.286. The molecule has 0 spiro atoms. The van der Waals surface area contributed by atoms with Crippen LogP contribution in [0.1, 0.15) is 6.42 Å². The molecule has 1 aliphatic heterocycles. The molecule has 0 aliphatic carbocycles. The molecule has 1 unspecified atom stereocenters. The Balaban J connectivity index is 1.86. The van der Waals surface area contributed by atoms with Crippen molar-refractivity contribution in [2.24, 2.45) is 0 Å². The fourth-order valence-corrected chi connectivity index (χ4v) is 1.94. The third-order valence-corrected chi connectivity index (χ3v) is 2.76. The van der Waals surface area contributed by atoms with Gasteiger partial charge in [-0.3, -0.25) is 9.97 Å². The van der Waals surface area contributed by atoms with E-state index in [0.29, 0.717) is 0 Å². The van der Waals surface area contributed by atoms with Gasteiger partial charge in [0.2, 0.25) is 0 Å². The second-order valence-electron chi connectivity index (χ2n) is 3.94. The van der Waals surface area contributed by atoms with Crippen LogP contribution in [0.15, 0.2) is 30.6 Å². The van der Waals surface area contributed by atoms with Gasteiger partial charge in [0.15, 0.2) is 0 Å². The van der Waals surface area contributed by atoms with Crippen LogP contribution in [0.5, 0.6) is 5.75 Å². The molecule has 1 saturated heterocycles. The van der Waals surface area contributed by atoms with Crippen molar-refractivity contribution < 1.29 is 4.74 Å². The van der Waals surface area contributed by atoms with Gasteiger partial charge in [-0.25, -0.2) is 0 Å². The van der Waals surface area contributed by atoms with Crippen LogP contribution in [-0.2, 0) is 0 Å². The summed E-state index contributed by atoms with van der Waals surface area (Å²) in [6.07, 6.45) is 4.75. The molecule has 4 heteroatoms. The van der Waals surface area contributed by atoms with Gasteiger partial charge in [-0.15, -0.1) is 0 Å².